The first-order chi connectivity index (χ1) is 12.2. The van der Waals surface area contributed by atoms with E-state index in [2.05, 4.69) is 47.1 Å². The second kappa shape index (κ2) is 6.64. The fraction of sp³-hybridized carbons (Fsp3) is 0.300. The van der Waals surface area contributed by atoms with E-state index < -0.39 is 0 Å². The van der Waals surface area contributed by atoms with Crippen LogP contribution in [-0.4, -0.2) is 21.9 Å². The number of benzene rings is 2. The van der Waals surface area contributed by atoms with Gasteiger partial charge in [-0.05, 0) is 60.0 Å². The molecule has 0 spiro atoms. The third-order valence-electron chi connectivity index (χ3n) is 4.78. The van der Waals surface area contributed by atoms with E-state index in [1.165, 1.54) is 24.8 Å². The predicted octanol–water partition coefficient (Wildman–Crippen LogP) is 5.28. The van der Waals surface area contributed by atoms with Crippen molar-refractivity contribution in [2.75, 3.05) is 7.11 Å². The molecule has 0 unspecified atom stereocenters. The van der Waals surface area contributed by atoms with Crippen LogP contribution >= 0.6 is 15.9 Å². The van der Waals surface area contributed by atoms with Crippen molar-refractivity contribution < 1.29 is 4.74 Å². The molecule has 25 heavy (non-hydrogen) atoms. The zero-order valence-electron chi connectivity index (χ0n) is 14.4. The lowest BCUT2D eigenvalue weighted by atomic mass is 9.85. The van der Waals surface area contributed by atoms with Crippen LogP contribution < -0.4 is 4.74 Å². The number of rotatable bonds is 4. The summed E-state index contributed by atoms with van der Waals surface area (Å²) in [5, 5.41) is 4.85. The largest absolute Gasteiger partial charge is 0.495 e. The summed E-state index contributed by atoms with van der Waals surface area (Å²) >= 11 is 3.57. The fourth-order valence-electron chi connectivity index (χ4n) is 3.10. The van der Waals surface area contributed by atoms with Crippen molar-refractivity contribution in [3.05, 3.63) is 58.3 Å². The van der Waals surface area contributed by atoms with E-state index in [1.54, 1.807) is 7.11 Å². The van der Waals surface area contributed by atoms with Gasteiger partial charge in [0.1, 0.15) is 5.75 Å². The van der Waals surface area contributed by atoms with Gasteiger partial charge >= 0.3 is 0 Å². The number of methoxy groups -OCH3 is 1. The average molecular weight is 398 g/mol. The maximum atomic E-state index is 5.62. The Morgan fingerprint density at radius 1 is 1.12 bits per heavy atom. The number of hydrogen-bond acceptors (Lipinski definition) is 3. The quantitative estimate of drug-likeness (QED) is 0.600. The van der Waals surface area contributed by atoms with Crippen LogP contribution in [0.2, 0.25) is 0 Å². The molecule has 1 aliphatic rings. The van der Waals surface area contributed by atoms with Crippen molar-refractivity contribution in [2.45, 2.75) is 32.1 Å². The van der Waals surface area contributed by atoms with Gasteiger partial charge in [0.25, 0.3) is 0 Å². The highest BCUT2D eigenvalue weighted by atomic mass is 79.9. The minimum Gasteiger partial charge on any atom is -0.495 e. The first-order valence-electron chi connectivity index (χ1n) is 8.54. The summed E-state index contributed by atoms with van der Waals surface area (Å²) in [6, 6.07) is 14.4. The monoisotopic (exact) mass is 397 g/mol. The van der Waals surface area contributed by atoms with Crippen LogP contribution in [0.1, 0.15) is 36.6 Å². The second-order valence-corrected chi connectivity index (χ2v) is 7.34. The molecule has 2 aromatic carbocycles. The molecule has 4 rings (SSSR count). The molecule has 1 aromatic heterocycles. The van der Waals surface area contributed by atoms with Gasteiger partial charge in [0, 0.05) is 5.92 Å². The molecular weight excluding hydrogens is 378 g/mol. The zero-order chi connectivity index (χ0) is 17.4. The minimum absolute atomic E-state index is 0.476. The lowest BCUT2D eigenvalue weighted by molar-refractivity contribution is 0.401. The Kier molecular flexibility index (Phi) is 4.34. The summed E-state index contributed by atoms with van der Waals surface area (Å²) in [5.74, 6) is 3.01. The highest BCUT2D eigenvalue weighted by Gasteiger charge is 2.27. The number of aryl methyl sites for hydroxylation is 1. The van der Waals surface area contributed by atoms with Crippen molar-refractivity contribution in [1.29, 1.82) is 0 Å². The molecule has 3 aromatic rings. The summed E-state index contributed by atoms with van der Waals surface area (Å²) in [7, 11) is 1.68. The van der Waals surface area contributed by atoms with Crippen LogP contribution in [0.15, 0.2) is 46.9 Å². The first kappa shape index (κ1) is 16.3. The molecule has 0 amide bonds. The minimum atomic E-state index is 0.476. The first-order valence-corrected chi connectivity index (χ1v) is 9.33. The van der Waals surface area contributed by atoms with Crippen LogP contribution in [0.4, 0.5) is 0 Å². The number of nitrogens with zero attached hydrogens (tertiary/aromatic N) is 3. The lowest BCUT2D eigenvalue weighted by Gasteiger charge is -2.21. The molecule has 128 valence electrons. The SMILES string of the molecule is COc1c(Br)cccc1-c1nc(C2CCC2)nn1-c1ccc(C)cc1. The molecular formula is C20H20BrN3O. The maximum Gasteiger partial charge on any atom is 0.167 e. The molecule has 4 nitrogen and oxygen atoms in total. The number of aromatic nitrogens is 3. The van der Waals surface area contributed by atoms with Crippen LogP contribution in [0, 0.1) is 6.92 Å². The molecule has 1 heterocycles. The van der Waals surface area contributed by atoms with Crippen LogP contribution in [-0.2, 0) is 0 Å². The molecule has 0 aliphatic heterocycles. The Balaban J connectivity index is 1.90. The van der Waals surface area contributed by atoms with Gasteiger partial charge in [-0.1, -0.05) is 30.2 Å². The molecule has 0 saturated heterocycles. The third-order valence-corrected chi connectivity index (χ3v) is 5.41. The van der Waals surface area contributed by atoms with Crippen molar-refractivity contribution in [3.8, 4) is 22.8 Å². The van der Waals surface area contributed by atoms with Crippen LogP contribution in [0.5, 0.6) is 5.75 Å². The van der Waals surface area contributed by atoms with Gasteiger partial charge in [-0.15, -0.1) is 0 Å². The van der Waals surface area contributed by atoms with Crippen LogP contribution in [0.25, 0.3) is 17.1 Å². The molecule has 1 aliphatic carbocycles. The summed E-state index contributed by atoms with van der Waals surface area (Å²) < 4.78 is 8.48. The Hall–Kier alpha value is -2.14. The number of para-hydroxylation sites is 1. The smallest absolute Gasteiger partial charge is 0.167 e. The Bertz CT molecular complexity index is 898. The zero-order valence-corrected chi connectivity index (χ0v) is 16.0. The summed E-state index contributed by atoms with van der Waals surface area (Å²) in [4.78, 5) is 4.90. The lowest BCUT2D eigenvalue weighted by Crippen LogP contribution is -2.11. The topological polar surface area (TPSA) is 39.9 Å². The summed E-state index contributed by atoms with van der Waals surface area (Å²) in [6.07, 6.45) is 3.61. The summed E-state index contributed by atoms with van der Waals surface area (Å²) in [6.45, 7) is 2.09. The predicted molar refractivity (Wildman–Crippen MR) is 102 cm³/mol. The van der Waals surface area contributed by atoms with E-state index in [0.717, 1.165) is 33.1 Å². The highest BCUT2D eigenvalue weighted by molar-refractivity contribution is 9.10. The average Bonchev–Trinajstić information content (AvgIpc) is 2.98. The highest BCUT2D eigenvalue weighted by Crippen LogP contribution is 2.39. The molecule has 0 atom stereocenters. The van der Waals surface area contributed by atoms with Crippen molar-refractivity contribution in [1.82, 2.24) is 14.8 Å². The third kappa shape index (κ3) is 2.97. The molecule has 1 saturated carbocycles. The standard InChI is InChI=1S/C20H20BrN3O/c1-13-9-11-15(12-10-13)24-20(22-19(23-24)14-5-3-6-14)16-7-4-8-17(21)18(16)25-2/h4,7-12,14H,3,5-6H2,1-2H3. The molecule has 0 bridgehead atoms. The molecule has 0 radical (unpaired) electrons. The molecule has 5 heteroatoms. The van der Waals surface area contributed by atoms with Gasteiger partial charge in [-0.25, -0.2) is 9.67 Å². The number of ether oxygens (including phenoxy) is 1. The van der Waals surface area contributed by atoms with E-state index in [-0.39, 0.29) is 0 Å². The maximum absolute atomic E-state index is 5.62. The number of hydrogen-bond donors (Lipinski definition) is 0. The fourth-order valence-corrected chi connectivity index (χ4v) is 3.63. The van der Waals surface area contributed by atoms with E-state index in [1.807, 2.05) is 22.9 Å². The van der Waals surface area contributed by atoms with Gasteiger partial charge in [-0.2, -0.15) is 5.10 Å². The normalized spacial score (nSPS) is 14.4. The van der Waals surface area contributed by atoms with E-state index in [9.17, 15) is 0 Å². The number of halogens is 1. The van der Waals surface area contributed by atoms with Gasteiger partial charge in [0.2, 0.25) is 0 Å². The van der Waals surface area contributed by atoms with Crippen molar-refractivity contribution in [2.24, 2.45) is 0 Å². The van der Waals surface area contributed by atoms with Gasteiger partial charge in [0.15, 0.2) is 11.6 Å². The van der Waals surface area contributed by atoms with E-state index in [4.69, 9.17) is 14.8 Å². The molecule has 1 fully saturated rings. The van der Waals surface area contributed by atoms with E-state index in [0.29, 0.717) is 5.92 Å². The van der Waals surface area contributed by atoms with Gasteiger partial charge in [-0.3, -0.25) is 0 Å². The Labute approximate surface area is 156 Å². The molecule has 0 N–H and O–H groups in total. The van der Waals surface area contributed by atoms with Gasteiger partial charge in [0.05, 0.1) is 22.8 Å². The Morgan fingerprint density at radius 2 is 1.88 bits per heavy atom. The second-order valence-electron chi connectivity index (χ2n) is 6.49. The van der Waals surface area contributed by atoms with Crippen molar-refractivity contribution in [3.63, 3.8) is 0 Å². The van der Waals surface area contributed by atoms with Crippen LogP contribution in [0.3, 0.4) is 0 Å². The summed E-state index contributed by atoms with van der Waals surface area (Å²) in [5.41, 5.74) is 3.18. The Morgan fingerprint density at radius 3 is 2.52 bits per heavy atom. The van der Waals surface area contributed by atoms with E-state index >= 15 is 0 Å². The van der Waals surface area contributed by atoms with Gasteiger partial charge < -0.3 is 4.74 Å². The van der Waals surface area contributed by atoms with Crippen molar-refractivity contribution >= 4 is 15.9 Å².